The Labute approximate surface area is 114 Å². The van der Waals surface area contributed by atoms with Gasteiger partial charge in [0.1, 0.15) is 0 Å². The largest absolute Gasteiger partial charge is 0.390 e. The molecule has 0 aliphatic carbocycles. The third kappa shape index (κ3) is 3.57. The first-order chi connectivity index (χ1) is 9.51. The fourth-order valence-electron chi connectivity index (χ4n) is 2.01. The van der Waals surface area contributed by atoms with Crippen LogP contribution in [0.15, 0.2) is 36.5 Å². The minimum Gasteiger partial charge on any atom is -0.309 e. The van der Waals surface area contributed by atoms with Crippen molar-refractivity contribution < 1.29 is 13.2 Å². The van der Waals surface area contributed by atoms with Crippen molar-refractivity contribution in [3.8, 4) is 5.69 Å². The van der Waals surface area contributed by atoms with Crippen molar-refractivity contribution in [3.05, 3.63) is 42.2 Å². The van der Waals surface area contributed by atoms with Crippen LogP contribution in [0.1, 0.15) is 25.1 Å². The Morgan fingerprint density at radius 1 is 1.25 bits per heavy atom. The zero-order chi connectivity index (χ0) is 14.6. The van der Waals surface area contributed by atoms with Crippen molar-refractivity contribution in [1.29, 1.82) is 0 Å². The van der Waals surface area contributed by atoms with Gasteiger partial charge in [0.25, 0.3) is 0 Å². The summed E-state index contributed by atoms with van der Waals surface area (Å²) in [6, 6.07) is 8.11. The summed E-state index contributed by atoms with van der Waals surface area (Å²) in [5.41, 5.74) is 1.08. The summed E-state index contributed by atoms with van der Waals surface area (Å²) < 4.78 is 39.4. The van der Waals surface area contributed by atoms with E-state index in [-0.39, 0.29) is 0 Å². The third-order valence-corrected chi connectivity index (χ3v) is 2.82. The fourth-order valence-corrected chi connectivity index (χ4v) is 2.01. The molecule has 0 aliphatic rings. The van der Waals surface area contributed by atoms with Crippen LogP contribution in [0.5, 0.6) is 0 Å². The second-order valence-electron chi connectivity index (χ2n) is 4.34. The van der Waals surface area contributed by atoms with Crippen LogP contribution >= 0.6 is 0 Å². The third-order valence-electron chi connectivity index (χ3n) is 2.82. The molecule has 0 radical (unpaired) electrons. The van der Waals surface area contributed by atoms with Crippen LogP contribution < -0.4 is 5.32 Å². The molecule has 1 heterocycles. The molecule has 0 bridgehead atoms. The lowest BCUT2D eigenvalue weighted by Crippen LogP contribution is -2.28. The first-order valence-corrected chi connectivity index (χ1v) is 6.27. The molecule has 0 amide bonds. The Kier molecular flexibility index (Phi) is 4.39. The number of para-hydroxylation sites is 1. The zero-order valence-corrected chi connectivity index (χ0v) is 10.9. The Bertz CT molecular complexity index is 536. The molecule has 20 heavy (non-hydrogen) atoms. The first-order valence-electron chi connectivity index (χ1n) is 6.27. The quantitative estimate of drug-likeness (QED) is 0.918. The van der Waals surface area contributed by atoms with E-state index in [1.54, 1.807) is 31.2 Å². The van der Waals surface area contributed by atoms with Crippen LogP contribution in [-0.2, 0) is 0 Å². The lowest BCUT2D eigenvalue weighted by molar-refractivity contribution is -0.140. The van der Waals surface area contributed by atoms with E-state index >= 15 is 0 Å². The standard InChI is InChI=1S/C13H15F3N4/c1-2-17-11(8-13(14,15)16)12-9-18-19-20(12)10-6-4-3-5-7-10/h3-7,9,11,17H,2,8H2,1H3. The minimum absolute atomic E-state index is 0.398. The molecule has 1 aromatic heterocycles. The number of benzene rings is 1. The van der Waals surface area contributed by atoms with E-state index in [1.165, 1.54) is 10.9 Å². The van der Waals surface area contributed by atoms with Crippen LogP contribution in [0.3, 0.4) is 0 Å². The second kappa shape index (κ2) is 6.04. The highest BCUT2D eigenvalue weighted by Gasteiger charge is 2.34. The van der Waals surface area contributed by atoms with Crippen molar-refractivity contribution in [2.24, 2.45) is 0 Å². The molecular formula is C13H15F3N4. The molecule has 1 unspecified atom stereocenters. The smallest absolute Gasteiger partial charge is 0.309 e. The molecule has 1 aromatic carbocycles. The number of alkyl halides is 3. The molecule has 2 rings (SSSR count). The zero-order valence-electron chi connectivity index (χ0n) is 10.9. The molecule has 4 nitrogen and oxygen atoms in total. The molecular weight excluding hydrogens is 269 g/mol. The van der Waals surface area contributed by atoms with E-state index < -0.39 is 18.6 Å². The molecule has 2 aromatic rings. The maximum absolute atomic E-state index is 12.7. The normalized spacial score (nSPS) is 13.4. The van der Waals surface area contributed by atoms with Gasteiger partial charge in [-0.1, -0.05) is 30.3 Å². The number of nitrogens with one attached hydrogen (secondary N) is 1. The van der Waals surface area contributed by atoms with E-state index in [0.29, 0.717) is 17.9 Å². The van der Waals surface area contributed by atoms with E-state index in [4.69, 9.17) is 0 Å². The minimum atomic E-state index is -4.25. The van der Waals surface area contributed by atoms with Crippen LogP contribution in [0.2, 0.25) is 0 Å². The van der Waals surface area contributed by atoms with Crippen LogP contribution in [0, 0.1) is 0 Å². The van der Waals surface area contributed by atoms with E-state index in [2.05, 4.69) is 15.6 Å². The Morgan fingerprint density at radius 3 is 2.55 bits per heavy atom. The molecule has 0 aliphatic heterocycles. The predicted molar refractivity (Wildman–Crippen MR) is 68.4 cm³/mol. The van der Waals surface area contributed by atoms with Crippen LogP contribution in [0.25, 0.3) is 5.69 Å². The summed E-state index contributed by atoms with van der Waals surface area (Å²) >= 11 is 0. The van der Waals surface area contributed by atoms with Gasteiger partial charge in [0, 0.05) is 0 Å². The average molecular weight is 284 g/mol. The summed E-state index contributed by atoms with van der Waals surface area (Å²) in [5, 5.41) is 10.4. The van der Waals surface area contributed by atoms with Crippen molar-refractivity contribution in [2.45, 2.75) is 25.6 Å². The van der Waals surface area contributed by atoms with Crippen molar-refractivity contribution >= 4 is 0 Å². The highest BCUT2D eigenvalue weighted by molar-refractivity contribution is 5.32. The Morgan fingerprint density at radius 2 is 1.95 bits per heavy atom. The lowest BCUT2D eigenvalue weighted by Gasteiger charge is -2.20. The second-order valence-corrected chi connectivity index (χ2v) is 4.34. The summed E-state index contributed by atoms with van der Waals surface area (Å²) in [5.74, 6) is 0. The lowest BCUT2D eigenvalue weighted by atomic mass is 10.1. The molecule has 0 saturated carbocycles. The van der Waals surface area contributed by atoms with E-state index in [1.807, 2.05) is 6.07 Å². The van der Waals surface area contributed by atoms with Gasteiger partial charge in [-0.25, -0.2) is 4.68 Å². The van der Waals surface area contributed by atoms with Gasteiger partial charge >= 0.3 is 6.18 Å². The maximum atomic E-state index is 12.7. The number of hydrogen-bond acceptors (Lipinski definition) is 3. The number of nitrogens with zero attached hydrogens (tertiary/aromatic N) is 3. The predicted octanol–water partition coefficient (Wildman–Crippen LogP) is 2.87. The van der Waals surface area contributed by atoms with Crippen molar-refractivity contribution in [1.82, 2.24) is 20.3 Å². The summed E-state index contributed by atoms with van der Waals surface area (Å²) in [4.78, 5) is 0. The van der Waals surface area contributed by atoms with Gasteiger partial charge < -0.3 is 5.32 Å². The van der Waals surface area contributed by atoms with Gasteiger partial charge in [0.15, 0.2) is 0 Å². The number of hydrogen-bond donors (Lipinski definition) is 1. The van der Waals surface area contributed by atoms with Gasteiger partial charge in [-0.2, -0.15) is 13.2 Å². The molecule has 108 valence electrons. The Balaban J connectivity index is 2.33. The summed E-state index contributed by atoms with van der Waals surface area (Å²) in [6.45, 7) is 2.20. The number of rotatable bonds is 5. The van der Waals surface area contributed by atoms with Crippen molar-refractivity contribution in [2.75, 3.05) is 6.54 Å². The van der Waals surface area contributed by atoms with Crippen LogP contribution in [0.4, 0.5) is 13.2 Å². The van der Waals surface area contributed by atoms with Gasteiger partial charge in [0.2, 0.25) is 0 Å². The average Bonchev–Trinajstić information content (AvgIpc) is 2.87. The van der Waals surface area contributed by atoms with Gasteiger partial charge in [-0.05, 0) is 18.7 Å². The fraction of sp³-hybridized carbons (Fsp3) is 0.385. The molecule has 0 fully saturated rings. The molecule has 1 atom stereocenters. The number of halogens is 3. The monoisotopic (exact) mass is 284 g/mol. The summed E-state index contributed by atoms with van der Waals surface area (Å²) in [6.07, 6.45) is -3.84. The highest BCUT2D eigenvalue weighted by Crippen LogP contribution is 2.29. The first kappa shape index (κ1) is 14.5. The molecule has 0 saturated heterocycles. The summed E-state index contributed by atoms with van der Waals surface area (Å²) in [7, 11) is 0. The Hall–Kier alpha value is -1.89. The highest BCUT2D eigenvalue weighted by atomic mass is 19.4. The van der Waals surface area contributed by atoms with E-state index in [9.17, 15) is 13.2 Å². The van der Waals surface area contributed by atoms with Crippen molar-refractivity contribution in [3.63, 3.8) is 0 Å². The molecule has 1 N–H and O–H groups in total. The van der Waals surface area contributed by atoms with Crippen LogP contribution in [-0.4, -0.2) is 27.7 Å². The van der Waals surface area contributed by atoms with Gasteiger partial charge in [-0.3, -0.25) is 0 Å². The van der Waals surface area contributed by atoms with Gasteiger partial charge in [-0.15, -0.1) is 5.10 Å². The van der Waals surface area contributed by atoms with E-state index in [0.717, 1.165) is 0 Å². The van der Waals surface area contributed by atoms with Gasteiger partial charge in [0.05, 0.1) is 30.0 Å². The molecule has 0 spiro atoms. The topological polar surface area (TPSA) is 42.7 Å². The SMILES string of the molecule is CCNC(CC(F)(F)F)c1cnnn1-c1ccccc1. The maximum Gasteiger partial charge on any atom is 0.390 e. The molecule has 7 heteroatoms. The number of aromatic nitrogens is 3.